The standard InChI is InChI=1S/C20H19N3O2/c24-17-8-4-7-16-18(17)19(15-9-11-21-12-10-15)22-20(25)23(16)13-14-5-2-1-3-6-14/h1-3,5-6,9-12,19H,4,7-8,13H2,(H,22,25)/t19-/m1/s1. The SMILES string of the molecule is O=C1CCCC2=C1[C@@H](c1ccncc1)NC(=O)N2Cc1ccccc1. The Balaban J connectivity index is 1.76. The molecule has 0 saturated carbocycles. The van der Waals surface area contributed by atoms with Gasteiger partial charge < -0.3 is 5.32 Å². The zero-order valence-electron chi connectivity index (χ0n) is 13.8. The molecule has 126 valence electrons. The third-order valence-corrected chi connectivity index (χ3v) is 4.78. The number of aromatic nitrogens is 1. The van der Waals surface area contributed by atoms with Crippen LogP contribution in [-0.2, 0) is 11.3 Å². The minimum absolute atomic E-state index is 0.126. The van der Waals surface area contributed by atoms with Crippen molar-refractivity contribution in [3.8, 4) is 0 Å². The van der Waals surface area contributed by atoms with Crippen molar-refractivity contribution in [1.29, 1.82) is 0 Å². The van der Waals surface area contributed by atoms with Crippen LogP contribution in [0.3, 0.4) is 0 Å². The smallest absolute Gasteiger partial charge is 0.322 e. The first-order chi connectivity index (χ1) is 12.2. The lowest BCUT2D eigenvalue weighted by molar-refractivity contribution is -0.116. The van der Waals surface area contributed by atoms with Crippen LogP contribution in [0.1, 0.15) is 36.4 Å². The van der Waals surface area contributed by atoms with Crippen LogP contribution in [0.2, 0.25) is 0 Å². The molecule has 0 fully saturated rings. The molecule has 2 aliphatic rings. The monoisotopic (exact) mass is 333 g/mol. The summed E-state index contributed by atoms with van der Waals surface area (Å²) in [5, 5.41) is 3.01. The summed E-state index contributed by atoms with van der Waals surface area (Å²) in [5.74, 6) is 0.126. The summed E-state index contributed by atoms with van der Waals surface area (Å²) in [4.78, 5) is 31.2. The van der Waals surface area contributed by atoms with Crippen molar-refractivity contribution in [2.24, 2.45) is 0 Å². The second kappa shape index (κ2) is 6.51. The number of pyridine rings is 1. The first-order valence-corrected chi connectivity index (χ1v) is 8.52. The number of nitrogens with one attached hydrogen (secondary N) is 1. The van der Waals surface area contributed by atoms with Gasteiger partial charge in [-0.05, 0) is 36.1 Å². The third kappa shape index (κ3) is 2.93. The van der Waals surface area contributed by atoms with Crippen LogP contribution in [0.5, 0.6) is 0 Å². The molecule has 2 heterocycles. The van der Waals surface area contributed by atoms with Crippen molar-refractivity contribution in [1.82, 2.24) is 15.2 Å². The molecule has 1 aliphatic heterocycles. The summed E-state index contributed by atoms with van der Waals surface area (Å²) in [6.07, 6.45) is 5.45. The van der Waals surface area contributed by atoms with Crippen LogP contribution >= 0.6 is 0 Å². The summed E-state index contributed by atoms with van der Waals surface area (Å²) in [6.45, 7) is 0.474. The molecule has 0 radical (unpaired) electrons. The second-order valence-electron chi connectivity index (χ2n) is 6.37. The van der Waals surface area contributed by atoms with Gasteiger partial charge in [0.05, 0.1) is 12.6 Å². The van der Waals surface area contributed by atoms with Gasteiger partial charge in [-0.3, -0.25) is 14.7 Å². The number of carbonyl (C=O) groups excluding carboxylic acids is 2. The lowest BCUT2D eigenvalue weighted by Gasteiger charge is -2.39. The summed E-state index contributed by atoms with van der Waals surface area (Å²) in [7, 11) is 0. The Bertz CT molecular complexity index is 831. The number of urea groups is 1. The van der Waals surface area contributed by atoms with Crippen molar-refractivity contribution in [2.75, 3.05) is 0 Å². The van der Waals surface area contributed by atoms with Gasteiger partial charge in [-0.25, -0.2) is 4.79 Å². The van der Waals surface area contributed by atoms with Crippen molar-refractivity contribution in [3.05, 3.63) is 77.3 Å². The Labute approximate surface area is 146 Å². The molecule has 5 heteroatoms. The largest absolute Gasteiger partial charge is 0.327 e. The zero-order chi connectivity index (χ0) is 17.2. The minimum atomic E-state index is -0.384. The Morgan fingerprint density at radius 3 is 2.56 bits per heavy atom. The molecule has 1 aromatic heterocycles. The summed E-state index contributed by atoms with van der Waals surface area (Å²) >= 11 is 0. The molecule has 0 saturated heterocycles. The van der Waals surface area contributed by atoms with Crippen LogP contribution < -0.4 is 5.32 Å². The maximum Gasteiger partial charge on any atom is 0.322 e. The average molecular weight is 333 g/mol. The number of benzene rings is 1. The Morgan fingerprint density at radius 1 is 1.04 bits per heavy atom. The van der Waals surface area contributed by atoms with Gasteiger partial charge in [-0.2, -0.15) is 0 Å². The molecule has 0 unspecified atom stereocenters. The van der Waals surface area contributed by atoms with E-state index in [0.717, 1.165) is 35.2 Å². The van der Waals surface area contributed by atoms with Gasteiger partial charge in [0.15, 0.2) is 5.78 Å². The van der Waals surface area contributed by atoms with E-state index >= 15 is 0 Å². The number of hydrogen-bond donors (Lipinski definition) is 1. The van der Waals surface area contributed by atoms with Crippen LogP contribution in [0.15, 0.2) is 66.1 Å². The maximum atomic E-state index is 12.8. The highest BCUT2D eigenvalue weighted by molar-refractivity contribution is 6.00. The lowest BCUT2D eigenvalue weighted by atomic mass is 9.85. The minimum Gasteiger partial charge on any atom is -0.327 e. The molecular formula is C20H19N3O2. The van der Waals surface area contributed by atoms with E-state index in [9.17, 15) is 9.59 Å². The quantitative estimate of drug-likeness (QED) is 0.937. The zero-order valence-corrected chi connectivity index (χ0v) is 13.8. The molecule has 2 amide bonds. The van der Waals surface area contributed by atoms with Gasteiger partial charge in [-0.15, -0.1) is 0 Å². The predicted molar refractivity (Wildman–Crippen MR) is 93.4 cm³/mol. The first kappa shape index (κ1) is 15.6. The molecule has 5 nitrogen and oxygen atoms in total. The van der Waals surface area contributed by atoms with E-state index in [-0.39, 0.29) is 17.9 Å². The second-order valence-corrected chi connectivity index (χ2v) is 6.37. The number of amides is 2. The highest BCUT2D eigenvalue weighted by Gasteiger charge is 2.38. The van der Waals surface area contributed by atoms with E-state index in [1.165, 1.54) is 0 Å². The van der Waals surface area contributed by atoms with E-state index < -0.39 is 0 Å². The molecule has 1 aromatic carbocycles. The Morgan fingerprint density at radius 2 is 1.80 bits per heavy atom. The highest BCUT2D eigenvalue weighted by Crippen LogP contribution is 2.37. The summed E-state index contributed by atoms with van der Waals surface area (Å²) < 4.78 is 0. The average Bonchev–Trinajstić information content (AvgIpc) is 2.65. The van der Waals surface area contributed by atoms with Gasteiger partial charge in [0, 0.05) is 30.1 Å². The number of ketones is 1. The summed E-state index contributed by atoms with van der Waals surface area (Å²) in [6, 6.07) is 13.0. The molecule has 1 atom stereocenters. The van der Waals surface area contributed by atoms with Crippen molar-refractivity contribution < 1.29 is 9.59 Å². The molecule has 1 aliphatic carbocycles. The van der Waals surface area contributed by atoms with E-state index in [0.29, 0.717) is 13.0 Å². The first-order valence-electron chi connectivity index (χ1n) is 8.52. The fourth-order valence-electron chi connectivity index (χ4n) is 3.59. The number of Topliss-reactive ketones (excluding diaryl/α,β-unsaturated/α-hetero) is 1. The lowest BCUT2D eigenvalue weighted by Crippen LogP contribution is -2.48. The van der Waals surface area contributed by atoms with Crippen LogP contribution in [0.4, 0.5) is 4.79 Å². The molecule has 2 aromatic rings. The van der Waals surface area contributed by atoms with E-state index in [1.54, 1.807) is 17.3 Å². The van der Waals surface area contributed by atoms with Crippen molar-refractivity contribution in [3.63, 3.8) is 0 Å². The highest BCUT2D eigenvalue weighted by atomic mass is 16.2. The topological polar surface area (TPSA) is 62.3 Å². The van der Waals surface area contributed by atoms with E-state index in [4.69, 9.17) is 0 Å². The fourth-order valence-corrected chi connectivity index (χ4v) is 3.59. The fraction of sp³-hybridized carbons (Fsp3) is 0.250. The van der Waals surface area contributed by atoms with Gasteiger partial charge in [0.1, 0.15) is 0 Å². The van der Waals surface area contributed by atoms with Crippen LogP contribution in [0.25, 0.3) is 0 Å². The van der Waals surface area contributed by atoms with E-state index in [2.05, 4.69) is 10.3 Å². The Hall–Kier alpha value is -2.95. The molecule has 0 bridgehead atoms. The van der Waals surface area contributed by atoms with E-state index in [1.807, 2.05) is 42.5 Å². The normalized spacial score (nSPS) is 20.3. The molecule has 0 spiro atoms. The third-order valence-electron chi connectivity index (χ3n) is 4.78. The predicted octanol–water partition coefficient (Wildman–Crippen LogP) is 3.36. The van der Waals surface area contributed by atoms with Crippen molar-refractivity contribution in [2.45, 2.75) is 31.8 Å². The number of nitrogens with zero attached hydrogens (tertiary/aromatic N) is 2. The van der Waals surface area contributed by atoms with Crippen LogP contribution in [-0.4, -0.2) is 21.7 Å². The van der Waals surface area contributed by atoms with Gasteiger partial charge in [0.2, 0.25) is 0 Å². The van der Waals surface area contributed by atoms with Gasteiger partial charge in [0.25, 0.3) is 0 Å². The maximum absolute atomic E-state index is 12.8. The number of rotatable bonds is 3. The van der Waals surface area contributed by atoms with Crippen molar-refractivity contribution >= 4 is 11.8 Å². The molecule has 4 rings (SSSR count). The van der Waals surface area contributed by atoms with Gasteiger partial charge in [-0.1, -0.05) is 30.3 Å². The summed E-state index contributed by atoms with van der Waals surface area (Å²) in [5.41, 5.74) is 3.54. The van der Waals surface area contributed by atoms with Gasteiger partial charge >= 0.3 is 6.03 Å². The molecule has 25 heavy (non-hydrogen) atoms. The number of allylic oxidation sites excluding steroid dienone is 1. The van der Waals surface area contributed by atoms with Crippen LogP contribution in [0, 0.1) is 0 Å². The molecular weight excluding hydrogens is 314 g/mol. The number of carbonyl (C=O) groups is 2. The number of hydrogen-bond acceptors (Lipinski definition) is 3. The molecule has 1 N–H and O–H groups in total. The Kier molecular flexibility index (Phi) is 4.06.